The lowest BCUT2D eigenvalue weighted by atomic mass is 10.2. The van der Waals surface area contributed by atoms with Gasteiger partial charge in [-0.25, -0.2) is 9.97 Å². The zero-order valence-corrected chi connectivity index (χ0v) is 9.71. The number of amides is 1. The first kappa shape index (κ1) is 11.9. The van der Waals surface area contributed by atoms with Gasteiger partial charge in [0.05, 0.1) is 11.3 Å². The summed E-state index contributed by atoms with van der Waals surface area (Å²) in [4.78, 5) is 23.8. The Bertz CT molecular complexity index is 557. The molecule has 18 heavy (non-hydrogen) atoms. The molecule has 0 fully saturated rings. The monoisotopic (exact) mass is 244 g/mol. The summed E-state index contributed by atoms with van der Waals surface area (Å²) < 4.78 is 0. The molecule has 7 nitrogen and oxygen atoms in total. The molecule has 0 aromatic carbocycles. The van der Waals surface area contributed by atoms with Crippen molar-refractivity contribution in [2.24, 2.45) is 5.84 Å². The Morgan fingerprint density at radius 3 is 2.67 bits per heavy atom. The number of hydrogen-bond donors (Lipinski definition) is 3. The van der Waals surface area contributed by atoms with Crippen LogP contribution in [0.4, 0.5) is 11.6 Å². The average molecular weight is 244 g/mol. The molecule has 0 atom stereocenters. The summed E-state index contributed by atoms with van der Waals surface area (Å²) in [6.07, 6.45) is 4.53. The number of carbonyl (C=O) groups is 1. The van der Waals surface area contributed by atoms with Crippen molar-refractivity contribution >= 4 is 17.5 Å². The van der Waals surface area contributed by atoms with Crippen molar-refractivity contribution in [1.82, 2.24) is 15.0 Å². The molecule has 0 unspecified atom stereocenters. The van der Waals surface area contributed by atoms with Crippen LogP contribution in [-0.4, -0.2) is 20.9 Å². The van der Waals surface area contributed by atoms with Gasteiger partial charge in [-0.2, -0.15) is 0 Å². The lowest BCUT2D eigenvalue weighted by Crippen LogP contribution is -2.19. The highest BCUT2D eigenvalue weighted by Gasteiger charge is 2.12. The highest BCUT2D eigenvalue weighted by atomic mass is 16.1. The molecule has 7 heteroatoms. The van der Waals surface area contributed by atoms with Crippen LogP contribution in [0.1, 0.15) is 16.1 Å². The molecule has 2 aromatic rings. The smallest absolute Gasteiger partial charge is 0.261 e. The Morgan fingerprint density at radius 1 is 1.28 bits per heavy atom. The van der Waals surface area contributed by atoms with Crippen LogP contribution in [0.15, 0.2) is 30.7 Å². The Kier molecular flexibility index (Phi) is 3.44. The van der Waals surface area contributed by atoms with Crippen molar-refractivity contribution in [2.75, 3.05) is 10.7 Å². The number of hydrazine groups is 1. The van der Waals surface area contributed by atoms with Crippen molar-refractivity contribution in [1.29, 1.82) is 0 Å². The van der Waals surface area contributed by atoms with Crippen molar-refractivity contribution in [3.05, 3.63) is 42.0 Å². The van der Waals surface area contributed by atoms with Gasteiger partial charge in [-0.3, -0.25) is 20.9 Å². The predicted octanol–water partition coefficient (Wildman–Crippen LogP) is 0.718. The van der Waals surface area contributed by atoms with Crippen LogP contribution in [0.5, 0.6) is 0 Å². The van der Waals surface area contributed by atoms with E-state index in [2.05, 4.69) is 25.7 Å². The molecule has 0 saturated carbocycles. The number of carbonyl (C=O) groups excluding carboxylic acids is 1. The summed E-state index contributed by atoms with van der Waals surface area (Å²) in [6.45, 7) is 1.81. The molecule has 0 bridgehead atoms. The van der Waals surface area contributed by atoms with Crippen LogP contribution in [0, 0.1) is 6.92 Å². The second-order valence-corrected chi connectivity index (χ2v) is 3.54. The minimum atomic E-state index is -0.373. The third kappa shape index (κ3) is 2.58. The van der Waals surface area contributed by atoms with E-state index in [0.29, 0.717) is 11.3 Å². The quantitative estimate of drug-likeness (QED) is 0.542. The van der Waals surface area contributed by atoms with E-state index in [9.17, 15) is 4.79 Å². The number of nitrogens with one attached hydrogen (secondary N) is 2. The zero-order chi connectivity index (χ0) is 13.0. The summed E-state index contributed by atoms with van der Waals surface area (Å²) in [5.41, 5.74) is 4.05. The van der Waals surface area contributed by atoms with Gasteiger partial charge in [0.1, 0.15) is 0 Å². The number of anilines is 2. The molecule has 4 N–H and O–H groups in total. The maximum absolute atomic E-state index is 12.0. The van der Waals surface area contributed by atoms with E-state index in [1.807, 2.05) is 6.92 Å². The highest BCUT2D eigenvalue weighted by Crippen LogP contribution is 2.15. The van der Waals surface area contributed by atoms with E-state index < -0.39 is 0 Å². The molecule has 2 rings (SSSR count). The van der Waals surface area contributed by atoms with E-state index in [1.54, 1.807) is 12.1 Å². The van der Waals surface area contributed by atoms with Crippen LogP contribution in [0.2, 0.25) is 0 Å². The minimum absolute atomic E-state index is 0.228. The summed E-state index contributed by atoms with van der Waals surface area (Å²) in [7, 11) is 0. The van der Waals surface area contributed by atoms with Gasteiger partial charge in [-0.1, -0.05) is 0 Å². The third-order valence-electron chi connectivity index (χ3n) is 2.23. The number of hydrogen-bond acceptors (Lipinski definition) is 6. The summed E-state index contributed by atoms with van der Waals surface area (Å²) in [5.74, 6) is 5.22. The molecule has 0 aliphatic rings. The van der Waals surface area contributed by atoms with Crippen molar-refractivity contribution in [3.63, 3.8) is 0 Å². The van der Waals surface area contributed by atoms with E-state index in [-0.39, 0.29) is 11.9 Å². The van der Waals surface area contributed by atoms with Crippen LogP contribution < -0.4 is 16.6 Å². The van der Waals surface area contributed by atoms with Crippen LogP contribution in [-0.2, 0) is 0 Å². The maximum atomic E-state index is 12.0. The summed E-state index contributed by atoms with van der Waals surface area (Å²) in [6, 6.07) is 3.34. The van der Waals surface area contributed by atoms with Gasteiger partial charge in [-0.15, -0.1) is 0 Å². The molecule has 0 aliphatic carbocycles. The Hall–Kier alpha value is -2.54. The second kappa shape index (κ2) is 5.19. The molecule has 92 valence electrons. The fourth-order valence-corrected chi connectivity index (χ4v) is 1.39. The molecule has 2 aromatic heterocycles. The number of pyridine rings is 1. The van der Waals surface area contributed by atoms with Crippen LogP contribution in [0.3, 0.4) is 0 Å². The highest BCUT2D eigenvalue weighted by molar-refractivity contribution is 6.07. The van der Waals surface area contributed by atoms with Gasteiger partial charge in [0.15, 0.2) is 0 Å². The predicted molar refractivity (Wildman–Crippen MR) is 66.8 cm³/mol. The topological polar surface area (TPSA) is 106 Å². The minimum Gasteiger partial charge on any atom is -0.323 e. The molecule has 0 radical (unpaired) electrons. The van der Waals surface area contributed by atoms with Gasteiger partial charge in [0.2, 0.25) is 5.95 Å². The maximum Gasteiger partial charge on any atom is 0.261 e. The molecule has 0 saturated heterocycles. The number of nitrogens with zero attached hydrogens (tertiary/aromatic N) is 3. The van der Waals surface area contributed by atoms with E-state index in [1.165, 1.54) is 18.6 Å². The van der Waals surface area contributed by atoms with E-state index >= 15 is 0 Å². The number of aromatic nitrogens is 3. The first-order valence-corrected chi connectivity index (χ1v) is 5.22. The van der Waals surface area contributed by atoms with Crippen molar-refractivity contribution in [3.8, 4) is 0 Å². The second-order valence-electron chi connectivity index (χ2n) is 3.54. The Morgan fingerprint density at radius 2 is 2.00 bits per heavy atom. The zero-order valence-electron chi connectivity index (χ0n) is 9.71. The number of nitrogen functional groups attached to an aromatic ring is 1. The van der Waals surface area contributed by atoms with E-state index in [4.69, 9.17) is 5.84 Å². The first-order chi connectivity index (χ1) is 8.70. The lowest BCUT2D eigenvalue weighted by Gasteiger charge is -2.08. The van der Waals surface area contributed by atoms with Crippen molar-refractivity contribution < 1.29 is 4.79 Å². The van der Waals surface area contributed by atoms with Crippen LogP contribution >= 0.6 is 0 Å². The van der Waals surface area contributed by atoms with Gasteiger partial charge in [-0.05, 0) is 19.1 Å². The lowest BCUT2D eigenvalue weighted by molar-refractivity contribution is 0.102. The first-order valence-electron chi connectivity index (χ1n) is 5.22. The fourth-order valence-electron chi connectivity index (χ4n) is 1.39. The van der Waals surface area contributed by atoms with Gasteiger partial charge >= 0.3 is 0 Å². The van der Waals surface area contributed by atoms with E-state index in [0.717, 1.165) is 5.69 Å². The number of aryl methyl sites for hydroxylation is 1. The van der Waals surface area contributed by atoms with Gasteiger partial charge in [0, 0.05) is 24.3 Å². The van der Waals surface area contributed by atoms with Gasteiger partial charge in [0.25, 0.3) is 5.91 Å². The number of rotatable bonds is 3. The fraction of sp³-hybridized carbons (Fsp3) is 0.0909. The third-order valence-corrected chi connectivity index (χ3v) is 2.23. The molecular formula is C11H12N6O. The van der Waals surface area contributed by atoms with Crippen LogP contribution in [0.25, 0.3) is 0 Å². The SMILES string of the molecule is Cc1cc(NN)c(C(=O)Nc2ncccn2)cn1. The average Bonchev–Trinajstić information content (AvgIpc) is 2.39. The normalized spacial score (nSPS) is 9.89. The Balaban J connectivity index is 2.24. The molecular weight excluding hydrogens is 232 g/mol. The molecule has 1 amide bonds. The molecule has 2 heterocycles. The number of nitrogens with two attached hydrogens (primary N) is 1. The largest absolute Gasteiger partial charge is 0.323 e. The van der Waals surface area contributed by atoms with Crippen molar-refractivity contribution in [2.45, 2.75) is 6.92 Å². The molecule has 0 aliphatic heterocycles. The Labute approximate surface area is 103 Å². The summed E-state index contributed by atoms with van der Waals surface area (Å²) in [5, 5.41) is 2.56. The summed E-state index contributed by atoms with van der Waals surface area (Å²) >= 11 is 0. The standard InChI is InChI=1S/C11H12N6O/c1-7-5-9(17-12)8(6-15-7)10(18)16-11-13-3-2-4-14-11/h2-6H,12H2,1H3,(H,15,17)(H,13,14,16,18). The van der Waals surface area contributed by atoms with Gasteiger partial charge < -0.3 is 5.43 Å². The molecule has 0 spiro atoms.